The second kappa shape index (κ2) is 5.30. The summed E-state index contributed by atoms with van der Waals surface area (Å²) in [6.45, 7) is 2.64. The van der Waals surface area contributed by atoms with Gasteiger partial charge < -0.3 is 10.1 Å². The maximum absolute atomic E-state index is 5.10. The summed E-state index contributed by atoms with van der Waals surface area (Å²) < 4.78 is 5.10. The monoisotopic (exact) mass is 229 g/mol. The van der Waals surface area contributed by atoms with Gasteiger partial charge in [0.1, 0.15) is 11.6 Å². The Morgan fingerprint density at radius 3 is 2.41 bits per heavy atom. The molecule has 0 aliphatic heterocycles. The Labute approximate surface area is 101 Å². The first-order chi connectivity index (χ1) is 8.28. The molecule has 0 fully saturated rings. The molecule has 0 aliphatic carbocycles. The predicted octanol–water partition coefficient (Wildman–Crippen LogP) is 2.41. The first-order valence-electron chi connectivity index (χ1n) is 5.45. The predicted molar refractivity (Wildman–Crippen MR) is 67.1 cm³/mol. The molecular weight excluding hydrogens is 214 g/mol. The van der Waals surface area contributed by atoms with Crippen LogP contribution in [0.4, 0.5) is 5.82 Å². The van der Waals surface area contributed by atoms with Crippen molar-refractivity contribution >= 4 is 5.82 Å². The SMILES string of the molecule is COc1ccc(CNc2ccc(C)nn2)cc1. The Bertz CT molecular complexity index is 465. The molecule has 2 rings (SSSR count). The minimum Gasteiger partial charge on any atom is -0.497 e. The molecule has 0 saturated heterocycles. The van der Waals surface area contributed by atoms with Crippen molar-refractivity contribution in [2.75, 3.05) is 12.4 Å². The van der Waals surface area contributed by atoms with Gasteiger partial charge in [0.05, 0.1) is 12.8 Å². The van der Waals surface area contributed by atoms with E-state index in [4.69, 9.17) is 4.74 Å². The Morgan fingerprint density at radius 1 is 1.06 bits per heavy atom. The zero-order valence-electron chi connectivity index (χ0n) is 9.97. The molecule has 0 spiro atoms. The Hall–Kier alpha value is -2.10. The maximum atomic E-state index is 5.10. The highest BCUT2D eigenvalue weighted by molar-refractivity contribution is 5.35. The number of methoxy groups -OCH3 is 1. The second-order valence-corrected chi connectivity index (χ2v) is 3.76. The molecule has 0 bridgehead atoms. The lowest BCUT2D eigenvalue weighted by molar-refractivity contribution is 0.414. The van der Waals surface area contributed by atoms with Crippen LogP contribution in [0.5, 0.6) is 5.75 Å². The topological polar surface area (TPSA) is 47.0 Å². The maximum Gasteiger partial charge on any atom is 0.148 e. The summed E-state index contributed by atoms with van der Waals surface area (Å²) in [5.74, 6) is 1.65. The number of aromatic nitrogens is 2. The van der Waals surface area contributed by atoms with E-state index in [0.29, 0.717) is 0 Å². The number of hydrogen-bond donors (Lipinski definition) is 1. The summed E-state index contributed by atoms with van der Waals surface area (Å²) >= 11 is 0. The van der Waals surface area contributed by atoms with E-state index in [0.717, 1.165) is 23.8 Å². The van der Waals surface area contributed by atoms with Gasteiger partial charge >= 0.3 is 0 Å². The number of ether oxygens (including phenoxy) is 1. The number of anilines is 1. The van der Waals surface area contributed by atoms with Crippen molar-refractivity contribution in [3.8, 4) is 5.75 Å². The zero-order chi connectivity index (χ0) is 12.1. The number of benzene rings is 1. The summed E-state index contributed by atoms with van der Waals surface area (Å²) in [6.07, 6.45) is 0. The van der Waals surface area contributed by atoms with Crippen molar-refractivity contribution in [1.29, 1.82) is 0 Å². The fourth-order valence-corrected chi connectivity index (χ4v) is 1.43. The third kappa shape index (κ3) is 3.17. The summed E-state index contributed by atoms with van der Waals surface area (Å²) in [6, 6.07) is 11.8. The molecule has 0 aliphatic rings. The van der Waals surface area contributed by atoms with Gasteiger partial charge in [0, 0.05) is 6.54 Å². The van der Waals surface area contributed by atoms with E-state index >= 15 is 0 Å². The van der Waals surface area contributed by atoms with Crippen LogP contribution in [0, 0.1) is 6.92 Å². The van der Waals surface area contributed by atoms with Crippen molar-refractivity contribution in [2.24, 2.45) is 0 Å². The molecule has 1 aromatic carbocycles. The van der Waals surface area contributed by atoms with Gasteiger partial charge in [0.15, 0.2) is 0 Å². The third-order valence-electron chi connectivity index (χ3n) is 2.43. The molecule has 0 unspecified atom stereocenters. The Kier molecular flexibility index (Phi) is 3.55. The van der Waals surface area contributed by atoms with Gasteiger partial charge in [0.25, 0.3) is 0 Å². The molecule has 1 N–H and O–H groups in total. The van der Waals surface area contributed by atoms with E-state index in [1.807, 2.05) is 43.3 Å². The molecule has 0 saturated carbocycles. The number of aryl methyl sites for hydroxylation is 1. The van der Waals surface area contributed by atoms with Crippen molar-refractivity contribution in [2.45, 2.75) is 13.5 Å². The molecule has 4 nitrogen and oxygen atoms in total. The lowest BCUT2D eigenvalue weighted by atomic mass is 10.2. The lowest BCUT2D eigenvalue weighted by Gasteiger charge is -2.06. The minimum absolute atomic E-state index is 0.724. The van der Waals surface area contributed by atoms with Gasteiger partial charge in [-0.15, -0.1) is 5.10 Å². The van der Waals surface area contributed by atoms with Crippen LogP contribution in [0.15, 0.2) is 36.4 Å². The summed E-state index contributed by atoms with van der Waals surface area (Å²) in [4.78, 5) is 0. The third-order valence-corrected chi connectivity index (χ3v) is 2.43. The zero-order valence-corrected chi connectivity index (χ0v) is 9.97. The highest BCUT2D eigenvalue weighted by Gasteiger charge is 1.96. The second-order valence-electron chi connectivity index (χ2n) is 3.76. The van der Waals surface area contributed by atoms with Crippen LogP contribution in [-0.4, -0.2) is 17.3 Å². The standard InChI is InChI=1S/C13H15N3O/c1-10-3-8-13(16-15-10)14-9-11-4-6-12(17-2)7-5-11/h3-8H,9H2,1-2H3,(H,14,16). The van der Waals surface area contributed by atoms with E-state index < -0.39 is 0 Å². The van der Waals surface area contributed by atoms with Crippen LogP contribution >= 0.6 is 0 Å². The lowest BCUT2D eigenvalue weighted by Crippen LogP contribution is -2.02. The molecule has 2 aromatic rings. The number of nitrogens with one attached hydrogen (secondary N) is 1. The van der Waals surface area contributed by atoms with Gasteiger partial charge in [-0.3, -0.25) is 0 Å². The quantitative estimate of drug-likeness (QED) is 0.874. The summed E-state index contributed by atoms with van der Waals surface area (Å²) in [5, 5.41) is 11.2. The van der Waals surface area contributed by atoms with Crippen LogP contribution in [0.25, 0.3) is 0 Å². The fraction of sp³-hybridized carbons (Fsp3) is 0.231. The van der Waals surface area contributed by atoms with Crippen LogP contribution in [-0.2, 0) is 6.54 Å². The van der Waals surface area contributed by atoms with Gasteiger partial charge in [0.2, 0.25) is 0 Å². The smallest absolute Gasteiger partial charge is 0.148 e. The molecule has 0 amide bonds. The van der Waals surface area contributed by atoms with Crippen LogP contribution in [0.1, 0.15) is 11.3 Å². The van der Waals surface area contributed by atoms with E-state index in [-0.39, 0.29) is 0 Å². The first-order valence-corrected chi connectivity index (χ1v) is 5.45. The number of rotatable bonds is 4. The molecule has 17 heavy (non-hydrogen) atoms. The average molecular weight is 229 g/mol. The van der Waals surface area contributed by atoms with E-state index in [2.05, 4.69) is 15.5 Å². The van der Waals surface area contributed by atoms with Crippen molar-refractivity contribution in [1.82, 2.24) is 10.2 Å². The molecule has 1 aromatic heterocycles. The van der Waals surface area contributed by atoms with Gasteiger partial charge in [-0.25, -0.2) is 0 Å². The van der Waals surface area contributed by atoms with E-state index in [9.17, 15) is 0 Å². The molecule has 0 radical (unpaired) electrons. The van der Waals surface area contributed by atoms with Gasteiger partial charge in [-0.1, -0.05) is 12.1 Å². The molecular formula is C13H15N3O. The van der Waals surface area contributed by atoms with Gasteiger partial charge in [-0.05, 0) is 36.8 Å². The Morgan fingerprint density at radius 2 is 1.82 bits per heavy atom. The first kappa shape index (κ1) is 11.4. The summed E-state index contributed by atoms with van der Waals surface area (Å²) in [7, 11) is 1.66. The minimum atomic E-state index is 0.724. The molecule has 4 heteroatoms. The van der Waals surface area contributed by atoms with E-state index in [1.54, 1.807) is 7.11 Å². The van der Waals surface area contributed by atoms with Crippen molar-refractivity contribution in [3.05, 3.63) is 47.7 Å². The molecule has 88 valence electrons. The summed E-state index contributed by atoms with van der Waals surface area (Å²) in [5.41, 5.74) is 2.09. The van der Waals surface area contributed by atoms with Crippen LogP contribution in [0.2, 0.25) is 0 Å². The van der Waals surface area contributed by atoms with E-state index in [1.165, 1.54) is 5.56 Å². The highest BCUT2D eigenvalue weighted by atomic mass is 16.5. The van der Waals surface area contributed by atoms with Gasteiger partial charge in [-0.2, -0.15) is 5.10 Å². The van der Waals surface area contributed by atoms with Crippen LogP contribution < -0.4 is 10.1 Å². The normalized spacial score (nSPS) is 10.0. The average Bonchev–Trinajstić information content (AvgIpc) is 2.39. The van der Waals surface area contributed by atoms with Crippen LogP contribution in [0.3, 0.4) is 0 Å². The molecule has 1 heterocycles. The highest BCUT2D eigenvalue weighted by Crippen LogP contribution is 2.12. The Balaban J connectivity index is 1.95. The van der Waals surface area contributed by atoms with Crippen molar-refractivity contribution < 1.29 is 4.74 Å². The largest absolute Gasteiger partial charge is 0.497 e. The number of nitrogens with zero attached hydrogens (tertiary/aromatic N) is 2. The number of hydrogen-bond acceptors (Lipinski definition) is 4. The van der Waals surface area contributed by atoms with Crippen molar-refractivity contribution in [3.63, 3.8) is 0 Å². The fourth-order valence-electron chi connectivity index (χ4n) is 1.43. The molecule has 0 atom stereocenters.